The fourth-order valence-electron chi connectivity index (χ4n) is 0.666. The standard InChI is InChI=1S/C6H9NO3S2/c8-2-6(10,3-9)5-7-1-4(11)12-5/h1,8-11H,2-3H2. The van der Waals surface area contributed by atoms with Crippen LogP contribution in [0.25, 0.3) is 0 Å². The van der Waals surface area contributed by atoms with Crippen LogP contribution in [0.3, 0.4) is 0 Å². The van der Waals surface area contributed by atoms with Gasteiger partial charge in [0.25, 0.3) is 0 Å². The minimum Gasteiger partial charge on any atom is -0.393 e. The zero-order valence-electron chi connectivity index (χ0n) is 6.14. The van der Waals surface area contributed by atoms with Gasteiger partial charge in [0.05, 0.1) is 23.6 Å². The predicted molar refractivity (Wildman–Crippen MR) is 47.4 cm³/mol. The number of aromatic nitrogens is 1. The maximum atomic E-state index is 9.53. The fourth-order valence-corrected chi connectivity index (χ4v) is 1.71. The molecule has 1 aromatic heterocycles. The van der Waals surface area contributed by atoms with Gasteiger partial charge in [-0.1, -0.05) is 0 Å². The lowest BCUT2D eigenvalue weighted by molar-refractivity contribution is -0.0599. The van der Waals surface area contributed by atoms with Gasteiger partial charge in [0.15, 0.2) is 5.60 Å². The lowest BCUT2D eigenvalue weighted by Gasteiger charge is -2.19. The number of aliphatic hydroxyl groups is 3. The molecule has 0 aliphatic heterocycles. The zero-order chi connectivity index (χ0) is 9.19. The summed E-state index contributed by atoms with van der Waals surface area (Å²) in [7, 11) is 0. The smallest absolute Gasteiger partial charge is 0.162 e. The summed E-state index contributed by atoms with van der Waals surface area (Å²) in [6, 6.07) is 0. The van der Waals surface area contributed by atoms with Crippen molar-refractivity contribution in [2.24, 2.45) is 0 Å². The maximum absolute atomic E-state index is 9.53. The van der Waals surface area contributed by atoms with E-state index >= 15 is 0 Å². The Morgan fingerprint density at radius 1 is 1.50 bits per heavy atom. The van der Waals surface area contributed by atoms with Crippen LogP contribution in [-0.4, -0.2) is 33.5 Å². The number of aliphatic hydroxyl groups excluding tert-OH is 2. The van der Waals surface area contributed by atoms with E-state index in [4.69, 9.17) is 10.2 Å². The molecule has 3 N–H and O–H groups in total. The lowest BCUT2D eigenvalue weighted by Crippen LogP contribution is -2.34. The van der Waals surface area contributed by atoms with E-state index in [1.165, 1.54) is 6.20 Å². The molecule has 0 radical (unpaired) electrons. The number of thiol groups is 1. The summed E-state index contributed by atoms with van der Waals surface area (Å²) in [5, 5.41) is 27.4. The van der Waals surface area contributed by atoms with Crippen LogP contribution in [0.15, 0.2) is 10.4 Å². The van der Waals surface area contributed by atoms with Crippen LogP contribution in [0.4, 0.5) is 0 Å². The fraction of sp³-hybridized carbons (Fsp3) is 0.500. The van der Waals surface area contributed by atoms with Crippen LogP contribution in [0.1, 0.15) is 5.01 Å². The average Bonchev–Trinajstić information content (AvgIpc) is 2.51. The molecular formula is C6H9NO3S2. The van der Waals surface area contributed by atoms with Gasteiger partial charge < -0.3 is 15.3 Å². The molecule has 0 spiro atoms. The van der Waals surface area contributed by atoms with Crippen LogP contribution in [-0.2, 0) is 5.60 Å². The summed E-state index contributed by atoms with van der Waals surface area (Å²) in [4.78, 5) is 3.80. The number of thiazole rings is 1. The van der Waals surface area contributed by atoms with Gasteiger partial charge in [0.2, 0.25) is 0 Å². The van der Waals surface area contributed by atoms with Crippen molar-refractivity contribution in [1.82, 2.24) is 4.98 Å². The van der Waals surface area contributed by atoms with Gasteiger partial charge in [0.1, 0.15) is 5.01 Å². The average molecular weight is 207 g/mol. The molecule has 1 aromatic rings. The SMILES string of the molecule is OCC(O)(CO)c1ncc(S)s1. The molecule has 0 aromatic carbocycles. The Bertz CT molecular complexity index is 259. The normalized spacial score (nSPS) is 12.0. The molecule has 0 aliphatic carbocycles. The number of rotatable bonds is 3. The van der Waals surface area contributed by atoms with E-state index in [0.717, 1.165) is 11.3 Å². The Morgan fingerprint density at radius 3 is 2.42 bits per heavy atom. The van der Waals surface area contributed by atoms with E-state index < -0.39 is 18.8 Å². The summed E-state index contributed by atoms with van der Waals surface area (Å²) < 4.78 is 0.630. The van der Waals surface area contributed by atoms with Gasteiger partial charge >= 0.3 is 0 Å². The van der Waals surface area contributed by atoms with E-state index in [0.29, 0.717) is 4.21 Å². The van der Waals surface area contributed by atoms with Crippen molar-refractivity contribution in [1.29, 1.82) is 0 Å². The zero-order valence-corrected chi connectivity index (χ0v) is 7.85. The maximum Gasteiger partial charge on any atom is 0.162 e. The van der Waals surface area contributed by atoms with Crippen molar-refractivity contribution >= 4 is 24.0 Å². The van der Waals surface area contributed by atoms with Gasteiger partial charge in [-0.15, -0.1) is 24.0 Å². The number of hydrogen-bond acceptors (Lipinski definition) is 6. The first-order valence-electron chi connectivity index (χ1n) is 3.22. The summed E-state index contributed by atoms with van der Waals surface area (Å²) >= 11 is 5.12. The van der Waals surface area contributed by atoms with Crippen LogP contribution >= 0.6 is 24.0 Å². The Kier molecular flexibility index (Phi) is 3.08. The first kappa shape index (κ1) is 9.94. The number of nitrogens with zero attached hydrogens (tertiary/aromatic N) is 1. The van der Waals surface area contributed by atoms with Crippen molar-refractivity contribution < 1.29 is 15.3 Å². The lowest BCUT2D eigenvalue weighted by atomic mass is 10.1. The monoisotopic (exact) mass is 207 g/mol. The Balaban J connectivity index is 2.94. The van der Waals surface area contributed by atoms with Gasteiger partial charge in [-0.3, -0.25) is 0 Å². The van der Waals surface area contributed by atoms with Crippen molar-refractivity contribution in [3.05, 3.63) is 11.2 Å². The number of hydrogen-bond donors (Lipinski definition) is 4. The van der Waals surface area contributed by atoms with Gasteiger partial charge in [0, 0.05) is 0 Å². The van der Waals surface area contributed by atoms with E-state index in [1.807, 2.05) is 0 Å². The molecule has 0 aliphatic rings. The highest BCUT2D eigenvalue weighted by atomic mass is 32.2. The van der Waals surface area contributed by atoms with Crippen molar-refractivity contribution in [3.63, 3.8) is 0 Å². The second-order valence-electron chi connectivity index (χ2n) is 2.35. The minimum absolute atomic E-state index is 0.275. The summed E-state index contributed by atoms with van der Waals surface area (Å²) in [6.45, 7) is -1.10. The van der Waals surface area contributed by atoms with E-state index in [1.54, 1.807) is 0 Å². The van der Waals surface area contributed by atoms with Crippen molar-refractivity contribution in [2.45, 2.75) is 9.81 Å². The summed E-state index contributed by atoms with van der Waals surface area (Å²) in [5.74, 6) is 0. The van der Waals surface area contributed by atoms with Crippen molar-refractivity contribution in [3.8, 4) is 0 Å². The Morgan fingerprint density at radius 2 is 2.08 bits per heavy atom. The molecule has 1 heterocycles. The molecule has 0 fully saturated rings. The van der Waals surface area contributed by atoms with E-state index in [2.05, 4.69) is 17.6 Å². The molecule has 68 valence electrons. The Hall–Kier alpha value is -0.140. The first-order chi connectivity index (χ1) is 5.62. The third kappa shape index (κ3) is 1.78. The first-order valence-corrected chi connectivity index (χ1v) is 4.48. The highest BCUT2D eigenvalue weighted by Crippen LogP contribution is 2.26. The third-order valence-electron chi connectivity index (χ3n) is 1.41. The molecule has 0 saturated heterocycles. The molecule has 0 atom stereocenters. The predicted octanol–water partition coefficient (Wildman–Crippen LogP) is -0.396. The molecule has 6 heteroatoms. The molecular weight excluding hydrogens is 198 g/mol. The molecule has 1 rings (SSSR count). The minimum atomic E-state index is -1.63. The molecule has 0 saturated carbocycles. The topological polar surface area (TPSA) is 73.6 Å². The largest absolute Gasteiger partial charge is 0.393 e. The van der Waals surface area contributed by atoms with Gasteiger partial charge in [-0.2, -0.15) is 0 Å². The quantitative estimate of drug-likeness (QED) is 0.509. The van der Waals surface area contributed by atoms with Crippen LogP contribution in [0, 0.1) is 0 Å². The highest BCUT2D eigenvalue weighted by molar-refractivity contribution is 7.82. The van der Waals surface area contributed by atoms with Gasteiger partial charge in [-0.25, -0.2) is 4.98 Å². The van der Waals surface area contributed by atoms with Gasteiger partial charge in [-0.05, 0) is 0 Å². The molecule has 0 bridgehead atoms. The van der Waals surface area contributed by atoms with Crippen LogP contribution in [0.2, 0.25) is 0 Å². The highest BCUT2D eigenvalue weighted by Gasteiger charge is 2.30. The summed E-state index contributed by atoms with van der Waals surface area (Å²) in [5.41, 5.74) is -1.63. The summed E-state index contributed by atoms with van der Waals surface area (Å²) in [6.07, 6.45) is 1.46. The molecule has 4 nitrogen and oxygen atoms in total. The van der Waals surface area contributed by atoms with E-state index in [9.17, 15) is 5.11 Å². The molecule has 12 heavy (non-hydrogen) atoms. The second kappa shape index (κ2) is 3.71. The van der Waals surface area contributed by atoms with Crippen LogP contribution < -0.4 is 0 Å². The van der Waals surface area contributed by atoms with Crippen molar-refractivity contribution in [2.75, 3.05) is 13.2 Å². The second-order valence-corrected chi connectivity index (χ2v) is 4.17. The Labute approximate surface area is 78.9 Å². The molecule has 0 unspecified atom stereocenters. The van der Waals surface area contributed by atoms with Crippen LogP contribution in [0.5, 0.6) is 0 Å². The van der Waals surface area contributed by atoms with E-state index in [-0.39, 0.29) is 5.01 Å². The molecule has 0 amide bonds. The third-order valence-corrected chi connectivity index (χ3v) is 2.80.